The first-order chi connectivity index (χ1) is 10.8. The summed E-state index contributed by atoms with van der Waals surface area (Å²) in [7, 11) is -3.46. The normalized spacial score (nSPS) is 14.9. The summed E-state index contributed by atoms with van der Waals surface area (Å²) in [5.41, 5.74) is 0. The van der Waals surface area contributed by atoms with Crippen molar-refractivity contribution < 1.29 is 17.6 Å². The molecule has 0 aliphatic rings. The van der Waals surface area contributed by atoms with Gasteiger partial charge in [0, 0.05) is 6.54 Å². The predicted octanol–water partition coefficient (Wildman–Crippen LogP) is 1.99. The number of hydrogen-bond donors (Lipinski definition) is 1. The minimum absolute atomic E-state index is 0.113. The summed E-state index contributed by atoms with van der Waals surface area (Å²) in [5, 5.41) is 1.13. The molecule has 0 fully saturated rings. The molecule has 0 radical (unpaired) electrons. The average Bonchev–Trinajstić information content (AvgIpc) is 3.04. The van der Waals surface area contributed by atoms with Crippen LogP contribution in [-0.4, -0.2) is 49.4 Å². The largest absolute Gasteiger partial charge is 0.468 e. The number of nitrogens with one attached hydrogen (secondary N) is 1. The van der Waals surface area contributed by atoms with E-state index >= 15 is 0 Å². The molecule has 0 bridgehead atoms. The van der Waals surface area contributed by atoms with Gasteiger partial charge in [-0.25, -0.2) is 8.42 Å². The predicted molar refractivity (Wildman–Crippen MR) is 90.9 cm³/mol. The zero-order chi connectivity index (χ0) is 17.6. The molecule has 1 amide bonds. The van der Waals surface area contributed by atoms with Gasteiger partial charge < -0.3 is 9.73 Å². The van der Waals surface area contributed by atoms with Crippen LogP contribution < -0.4 is 5.32 Å². The summed E-state index contributed by atoms with van der Waals surface area (Å²) in [6.07, 6.45) is 1.60. The number of nitrogens with zero attached hydrogens (tertiary/aromatic N) is 1. The molecule has 1 heterocycles. The molecule has 2 unspecified atom stereocenters. The number of furan rings is 1. The number of sulfone groups is 1. The number of rotatable bonds is 9. The number of hydrogen-bond acceptors (Lipinski definition) is 5. The molecule has 7 heteroatoms. The molecule has 0 aliphatic heterocycles. The van der Waals surface area contributed by atoms with Gasteiger partial charge in [-0.3, -0.25) is 9.69 Å². The smallest absolute Gasteiger partial charge is 0.238 e. The van der Waals surface area contributed by atoms with E-state index in [1.807, 2.05) is 19.9 Å². The molecule has 132 valence electrons. The topological polar surface area (TPSA) is 79.6 Å². The first-order valence-corrected chi connectivity index (χ1v) is 9.64. The minimum Gasteiger partial charge on any atom is -0.468 e. The Bertz CT molecular complexity index is 577. The van der Waals surface area contributed by atoms with Gasteiger partial charge in [-0.1, -0.05) is 13.8 Å². The number of carbonyl (C=O) groups is 1. The fraction of sp³-hybridized carbons (Fsp3) is 0.688. The maximum Gasteiger partial charge on any atom is 0.238 e. The van der Waals surface area contributed by atoms with E-state index in [0.29, 0.717) is 6.54 Å². The van der Waals surface area contributed by atoms with Crippen LogP contribution in [0.3, 0.4) is 0 Å². The van der Waals surface area contributed by atoms with Crippen molar-refractivity contribution >= 4 is 15.7 Å². The zero-order valence-electron chi connectivity index (χ0n) is 14.6. The lowest BCUT2D eigenvalue weighted by Crippen LogP contribution is -2.44. The average molecular weight is 344 g/mol. The van der Waals surface area contributed by atoms with E-state index in [0.717, 1.165) is 18.8 Å². The third-order valence-electron chi connectivity index (χ3n) is 4.11. The van der Waals surface area contributed by atoms with Crippen LogP contribution in [0.4, 0.5) is 0 Å². The van der Waals surface area contributed by atoms with Crippen LogP contribution in [0.1, 0.15) is 46.4 Å². The molecule has 2 atom stereocenters. The van der Waals surface area contributed by atoms with Crippen LogP contribution in [0, 0.1) is 0 Å². The molecule has 0 aliphatic carbocycles. The van der Waals surface area contributed by atoms with Crippen molar-refractivity contribution in [3.8, 4) is 0 Å². The lowest BCUT2D eigenvalue weighted by Gasteiger charge is -2.28. The van der Waals surface area contributed by atoms with Gasteiger partial charge in [0.25, 0.3) is 0 Å². The molecular formula is C16H28N2O4S. The Labute approximate surface area is 139 Å². The van der Waals surface area contributed by atoms with E-state index in [-0.39, 0.29) is 6.04 Å². The number of likely N-dealkylation sites (N-methyl/N-ethyl adjacent to an activating group) is 1. The van der Waals surface area contributed by atoms with E-state index in [1.165, 1.54) is 6.92 Å². The van der Waals surface area contributed by atoms with Crippen molar-refractivity contribution in [1.82, 2.24) is 10.2 Å². The molecule has 23 heavy (non-hydrogen) atoms. The van der Waals surface area contributed by atoms with Gasteiger partial charge in [0.15, 0.2) is 9.84 Å². The van der Waals surface area contributed by atoms with Gasteiger partial charge in [0.05, 0.1) is 17.6 Å². The van der Waals surface area contributed by atoms with Crippen LogP contribution in [0.15, 0.2) is 22.8 Å². The molecular weight excluding hydrogens is 316 g/mol. The highest BCUT2D eigenvalue weighted by atomic mass is 32.2. The highest BCUT2D eigenvalue weighted by Crippen LogP contribution is 2.20. The van der Waals surface area contributed by atoms with Crippen LogP contribution in [0.5, 0.6) is 0 Å². The molecule has 6 nitrogen and oxygen atoms in total. The van der Waals surface area contributed by atoms with Gasteiger partial charge in [0.1, 0.15) is 11.0 Å². The van der Waals surface area contributed by atoms with Gasteiger partial charge in [-0.2, -0.15) is 0 Å². The maximum absolute atomic E-state index is 12.2. The van der Waals surface area contributed by atoms with Gasteiger partial charge >= 0.3 is 0 Å². The second kappa shape index (κ2) is 8.49. The van der Waals surface area contributed by atoms with Crippen LogP contribution in [0.2, 0.25) is 0 Å². The van der Waals surface area contributed by atoms with Crippen molar-refractivity contribution in [2.75, 3.05) is 19.6 Å². The molecule has 1 N–H and O–H groups in total. The van der Waals surface area contributed by atoms with Crippen LogP contribution >= 0.6 is 0 Å². The second-order valence-electron chi connectivity index (χ2n) is 5.78. The second-order valence-corrected chi connectivity index (χ2v) is 8.61. The third-order valence-corrected chi connectivity index (χ3v) is 6.63. The molecule has 0 saturated heterocycles. The zero-order valence-corrected chi connectivity index (χ0v) is 15.4. The summed E-state index contributed by atoms with van der Waals surface area (Å²) in [5.74, 6) is 0.288. The standard InChI is InChI=1S/C16H28N2O4S/c1-6-18(7-2)14(15-9-8-10-22-15)11-17-16(19)13(5)23(20,21)12(3)4/h8-10,12-14H,6-7,11H2,1-5H3,(H,17,19). The molecule has 1 aromatic rings. The summed E-state index contributed by atoms with van der Waals surface area (Å²) in [4.78, 5) is 14.4. The van der Waals surface area contributed by atoms with E-state index in [2.05, 4.69) is 10.2 Å². The molecule has 0 aromatic carbocycles. The van der Waals surface area contributed by atoms with E-state index in [1.54, 1.807) is 26.2 Å². The fourth-order valence-electron chi connectivity index (χ4n) is 2.45. The highest BCUT2D eigenvalue weighted by molar-refractivity contribution is 7.93. The van der Waals surface area contributed by atoms with Gasteiger partial charge in [-0.15, -0.1) is 0 Å². The monoisotopic (exact) mass is 344 g/mol. The Balaban J connectivity index is 2.81. The number of carbonyl (C=O) groups excluding carboxylic acids is 1. The van der Waals surface area contributed by atoms with Crippen molar-refractivity contribution in [3.05, 3.63) is 24.2 Å². The van der Waals surface area contributed by atoms with Crippen molar-refractivity contribution in [2.24, 2.45) is 0 Å². The summed E-state index contributed by atoms with van der Waals surface area (Å²) < 4.78 is 29.7. The van der Waals surface area contributed by atoms with Crippen molar-refractivity contribution in [3.63, 3.8) is 0 Å². The van der Waals surface area contributed by atoms with Gasteiger partial charge in [0.2, 0.25) is 5.91 Å². The van der Waals surface area contributed by atoms with Gasteiger partial charge in [-0.05, 0) is 46.0 Å². The molecule has 0 saturated carbocycles. The van der Waals surface area contributed by atoms with E-state index in [9.17, 15) is 13.2 Å². The quantitative estimate of drug-likeness (QED) is 0.741. The first kappa shape index (κ1) is 19.7. The SMILES string of the molecule is CCN(CC)C(CNC(=O)C(C)S(=O)(=O)C(C)C)c1ccco1. The molecule has 1 aromatic heterocycles. The molecule has 1 rings (SSSR count). The fourth-order valence-corrected chi connectivity index (χ4v) is 3.65. The minimum atomic E-state index is -3.46. The summed E-state index contributed by atoms with van der Waals surface area (Å²) in [6.45, 7) is 10.6. The Morgan fingerprint density at radius 3 is 2.30 bits per heavy atom. The van der Waals surface area contributed by atoms with E-state index in [4.69, 9.17) is 4.42 Å². The first-order valence-electron chi connectivity index (χ1n) is 8.03. The Morgan fingerprint density at radius 2 is 1.87 bits per heavy atom. The number of amides is 1. The summed E-state index contributed by atoms with van der Waals surface area (Å²) in [6, 6.07) is 3.56. The van der Waals surface area contributed by atoms with Crippen molar-refractivity contribution in [1.29, 1.82) is 0 Å². The summed E-state index contributed by atoms with van der Waals surface area (Å²) >= 11 is 0. The maximum atomic E-state index is 12.2. The molecule has 0 spiro atoms. The lowest BCUT2D eigenvalue weighted by atomic mass is 10.2. The Kier molecular flexibility index (Phi) is 7.28. The third kappa shape index (κ3) is 4.81. The van der Waals surface area contributed by atoms with Crippen LogP contribution in [-0.2, 0) is 14.6 Å². The Hall–Kier alpha value is -1.34. The van der Waals surface area contributed by atoms with Crippen LogP contribution in [0.25, 0.3) is 0 Å². The highest BCUT2D eigenvalue weighted by Gasteiger charge is 2.31. The lowest BCUT2D eigenvalue weighted by molar-refractivity contribution is -0.120. The van der Waals surface area contributed by atoms with E-state index < -0.39 is 26.2 Å². The van der Waals surface area contributed by atoms with Crippen molar-refractivity contribution in [2.45, 2.75) is 51.2 Å². The Morgan fingerprint density at radius 1 is 1.26 bits per heavy atom.